The van der Waals surface area contributed by atoms with E-state index in [9.17, 15) is 33.6 Å². The van der Waals surface area contributed by atoms with Crippen LogP contribution < -0.4 is 21.7 Å². The second kappa shape index (κ2) is 17.3. The number of Topliss-reactive ketones (excluding diaryl/α,β-unsaturated/α-hetero) is 1. The molecule has 0 aliphatic carbocycles. The second-order valence-electron chi connectivity index (χ2n) is 12.6. The first kappa shape index (κ1) is 36.8. The number of primary amides is 1. The first-order chi connectivity index (χ1) is 22.3. The molecule has 2 saturated heterocycles. The predicted octanol–water partition coefficient (Wildman–Crippen LogP) is 0.216. The molecule has 0 aromatic heterocycles. The molecular formula is C33H47N7O7. The fourth-order valence-corrected chi connectivity index (χ4v) is 6.12. The molecular weight excluding hydrogens is 606 g/mol. The Labute approximate surface area is 275 Å². The Balaban J connectivity index is 1.76. The fraction of sp³-hybridized carbons (Fsp3) is 0.576. The average Bonchev–Trinajstić information content (AvgIpc) is 3.73. The minimum Gasteiger partial charge on any atom is -0.368 e. The molecule has 5 atom stereocenters. The molecule has 2 aliphatic rings. The summed E-state index contributed by atoms with van der Waals surface area (Å²) in [4.78, 5) is 93.2. The molecule has 0 radical (unpaired) electrons. The highest BCUT2D eigenvalue weighted by molar-refractivity contribution is 6.26. The largest absolute Gasteiger partial charge is 0.368 e. The number of carbonyl (C=O) groups is 7. The third kappa shape index (κ3) is 10.4. The number of ketones is 1. The molecule has 6 N–H and O–H groups in total. The lowest BCUT2D eigenvalue weighted by Crippen LogP contribution is -2.59. The summed E-state index contributed by atoms with van der Waals surface area (Å²) in [7, 11) is 0. The molecule has 6 amide bonds. The van der Waals surface area contributed by atoms with Gasteiger partial charge in [0, 0.05) is 32.9 Å². The number of hydrogen-bond acceptors (Lipinski definition) is 8. The van der Waals surface area contributed by atoms with Gasteiger partial charge >= 0.3 is 0 Å². The van der Waals surface area contributed by atoms with E-state index in [2.05, 4.69) is 16.0 Å². The third-order valence-corrected chi connectivity index (χ3v) is 8.54. The number of likely N-dealkylation sites (tertiary alicyclic amines) is 2. The number of rotatable bonds is 16. The van der Waals surface area contributed by atoms with Crippen molar-refractivity contribution in [3.8, 4) is 0 Å². The van der Waals surface area contributed by atoms with Gasteiger partial charge in [-0.2, -0.15) is 0 Å². The van der Waals surface area contributed by atoms with Gasteiger partial charge in [0.1, 0.15) is 30.2 Å². The number of amides is 6. The zero-order valence-electron chi connectivity index (χ0n) is 27.3. The van der Waals surface area contributed by atoms with Gasteiger partial charge in [0.2, 0.25) is 35.4 Å². The summed E-state index contributed by atoms with van der Waals surface area (Å²) in [6.07, 6.45) is 2.69. The monoisotopic (exact) mass is 653 g/mol. The molecule has 5 unspecified atom stereocenters. The van der Waals surface area contributed by atoms with Gasteiger partial charge in [-0.25, -0.2) is 0 Å². The van der Waals surface area contributed by atoms with E-state index < -0.39 is 65.5 Å². The van der Waals surface area contributed by atoms with Crippen LogP contribution in [0.3, 0.4) is 0 Å². The van der Waals surface area contributed by atoms with Crippen molar-refractivity contribution in [3.05, 3.63) is 35.9 Å². The van der Waals surface area contributed by atoms with Gasteiger partial charge in [0.25, 0.3) is 0 Å². The molecule has 0 saturated carbocycles. The summed E-state index contributed by atoms with van der Waals surface area (Å²) in [6, 6.07) is 4.20. The lowest BCUT2D eigenvalue weighted by molar-refractivity contribution is -0.143. The summed E-state index contributed by atoms with van der Waals surface area (Å²) in [5.41, 5.74) is 6.40. The lowest BCUT2D eigenvalue weighted by Gasteiger charge is -2.31. The van der Waals surface area contributed by atoms with Crippen molar-refractivity contribution < 1.29 is 33.6 Å². The summed E-state index contributed by atoms with van der Waals surface area (Å²) in [6.45, 7) is 5.79. The quantitative estimate of drug-likeness (QED) is 0.156. The van der Waals surface area contributed by atoms with Crippen LogP contribution >= 0.6 is 0 Å². The van der Waals surface area contributed by atoms with Crippen molar-refractivity contribution in [2.45, 2.75) is 102 Å². The molecule has 14 heteroatoms. The van der Waals surface area contributed by atoms with E-state index in [1.807, 2.05) is 44.2 Å². The van der Waals surface area contributed by atoms with Crippen molar-refractivity contribution in [1.29, 1.82) is 5.41 Å². The highest BCUT2D eigenvalue weighted by Crippen LogP contribution is 2.22. The highest BCUT2D eigenvalue weighted by atomic mass is 16.2. The van der Waals surface area contributed by atoms with Gasteiger partial charge in [0.15, 0.2) is 5.78 Å². The van der Waals surface area contributed by atoms with Crippen LogP contribution in [0.1, 0.15) is 71.3 Å². The van der Waals surface area contributed by atoms with Crippen molar-refractivity contribution in [1.82, 2.24) is 25.8 Å². The Morgan fingerprint density at radius 1 is 0.872 bits per heavy atom. The van der Waals surface area contributed by atoms with Gasteiger partial charge < -0.3 is 36.9 Å². The minimum absolute atomic E-state index is 0.0422. The van der Waals surface area contributed by atoms with Crippen LogP contribution in [-0.4, -0.2) is 101 Å². The van der Waals surface area contributed by atoms with Gasteiger partial charge in [-0.05, 0) is 50.0 Å². The Bertz CT molecular complexity index is 1340. The lowest BCUT2D eigenvalue weighted by atomic mass is 10.0. The van der Waals surface area contributed by atoms with Crippen molar-refractivity contribution >= 4 is 47.4 Å². The van der Waals surface area contributed by atoms with E-state index in [-0.39, 0.29) is 44.1 Å². The Morgan fingerprint density at radius 2 is 1.45 bits per heavy atom. The third-order valence-electron chi connectivity index (χ3n) is 8.54. The molecule has 14 nitrogen and oxygen atoms in total. The van der Waals surface area contributed by atoms with E-state index >= 15 is 0 Å². The standard InChI is InChI=1S/C33H47N7O7/c1-20(2)17-26(38-30(44)24(14-13-23(42)19-34)36-31(45)27-11-7-15-39(27)21(3)41)33(47)40-16-8-12-28(40)32(46)37-25(29(35)43)18-22-9-5-4-6-10-22/h4-6,9-10,19-20,24-28,34H,7-8,11-18H2,1-3H3,(H2,35,43)(H,36,45)(H,37,46)(H,38,44). The van der Waals surface area contributed by atoms with Crippen molar-refractivity contribution in [2.75, 3.05) is 13.1 Å². The average molecular weight is 654 g/mol. The van der Waals surface area contributed by atoms with Crippen LogP contribution in [0.5, 0.6) is 0 Å². The summed E-state index contributed by atoms with van der Waals surface area (Å²) in [5, 5.41) is 15.3. The second-order valence-corrected chi connectivity index (χ2v) is 12.6. The highest BCUT2D eigenvalue weighted by Gasteiger charge is 2.40. The van der Waals surface area contributed by atoms with E-state index in [4.69, 9.17) is 11.1 Å². The molecule has 1 aromatic rings. The van der Waals surface area contributed by atoms with Crippen LogP contribution in [0.4, 0.5) is 0 Å². The topological polar surface area (TPSA) is 212 Å². The number of nitrogens with one attached hydrogen (secondary N) is 4. The Kier molecular flexibility index (Phi) is 13.6. The van der Waals surface area contributed by atoms with Crippen molar-refractivity contribution in [3.63, 3.8) is 0 Å². The van der Waals surface area contributed by atoms with Crippen LogP contribution in [-0.2, 0) is 40.0 Å². The predicted molar refractivity (Wildman–Crippen MR) is 173 cm³/mol. The number of hydrogen-bond donors (Lipinski definition) is 5. The summed E-state index contributed by atoms with van der Waals surface area (Å²) < 4.78 is 0. The Hall–Kier alpha value is -4.62. The van der Waals surface area contributed by atoms with Crippen molar-refractivity contribution in [2.24, 2.45) is 11.7 Å². The van der Waals surface area contributed by atoms with Crippen LogP contribution in [0, 0.1) is 11.3 Å². The molecule has 0 bridgehead atoms. The zero-order valence-corrected chi connectivity index (χ0v) is 27.3. The van der Waals surface area contributed by atoms with Crippen LogP contribution in [0.2, 0.25) is 0 Å². The maximum absolute atomic E-state index is 14.0. The molecule has 1 aromatic carbocycles. The van der Waals surface area contributed by atoms with Gasteiger partial charge in [-0.1, -0.05) is 44.2 Å². The van der Waals surface area contributed by atoms with Gasteiger partial charge in [-0.15, -0.1) is 0 Å². The summed E-state index contributed by atoms with van der Waals surface area (Å²) in [5.74, 6) is -3.79. The Morgan fingerprint density at radius 3 is 2.00 bits per heavy atom. The van der Waals surface area contributed by atoms with Gasteiger partial charge in [0.05, 0.1) is 6.21 Å². The molecule has 0 spiro atoms. The zero-order chi connectivity index (χ0) is 34.7. The van der Waals surface area contributed by atoms with Crippen LogP contribution in [0.15, 0.2) is 30.3 Å². The van der Waals surface area contributed by atoms with Gasteiger partial charge in [-0.3, -0.25) is 33.6 Å². The number of carbonyl (C=O) groups excluding carboxylic acids is 7. The molecule has 3 rings (SSSR count). The van der Waals surface area contributed by atoms with Crippen LogP contribution in [0.25, 0.3) is 0 Å². The SMILES string of the molecule is CC(=O)N1CCCC1C(=O)NC(CCC(=O)C=N)C(=O)NC(CC(C)C)C(=O)N1CCCC1C(=O)NC(Cc1ccccc1)C(N)=O. The first-order valence-corrected chi connectivity index (χ1v) is 16.2. The van der Waals surface area contributed by atoms with E-state index in [1.165, 1.54) is 16.7 Å². The normalized spacial score (nSPS) is 19.4. The van der Waals surface area contributed by atoms with E-state index in [0.29, 0.717) is 38.4 Å². The maximum Gasteiger partial charge on any atom is 0.245 e. The molecule has 47 heavy (non-hydrogen) atoms. The minimum atomic E-state index is -1.21. The smallest absolute Gasteiger partial charge is 0.245 e. The summed E-state index contributed by atoms with van der Waals surface area (Å²) >= 11 is 0. The molecule has 256 valence electrons. The fourth-order valence-electron chi connectivity index (χ4n) is 6.12. The number of nitrogens with zero attached hydrogens (tertiary/aromatic N) is 2. The molecule has 2 heterocycles. The number of benzene rings is 1. The van der Waals surface area contributed by atoms with E-state index in [0.717, 1.165) is 5.56 Å². The molecule has 2 aliphatic heterocycles. The first-order valence-electron chi connectivity index (χ1n) is 16.2. The number of nitrogens with two attached hydrogens (primary N) is 1. The maximum atomic E-state index is 14.0. The molecule has 2 fully saturated rings. The van der Waals surface area contributed by atoms with E-state index in [1.54, 1.807) is 0 Å².